The molecule has 2 rings (SSSR count). The van der Waals surface area contributed by atoms with Crippen molar-refractivity contribution >= 4 is 17.6 Å². The van der Waals surface area contributed by atoms with Gasteiger partial charge in [-0.15, -0.1) is 0 Å². The lowest BCUT2D eigenvalue weighted by atomic mass is 9.81. The number of allylic oxidation sites excluding steroid dienone is 2. The molecule has 0 amide bonds. The molecule has 140 valence electrons. The van der Waals surface area contributed by atoms with Gasteiger partial charge in [-0.1, -0.05) is 0 Å². The standard InChI is InChI=1S/C18H23N3O5/c1-5-25-17(23)13-9(3)21-10(4)14(18(24)26-6-2)15(13)11-7-12(19)16(22)20-8-11/h7-8,15,21H,5-6,19H2,1-4H3,(H,20,22). The SMILES string of the molecule is CCOC(=O)C1=C(C)NC(C)=C(C(=O)OCC)C1c1c[nH]c(=O)c(N)c1. The number of nitrogens with one attached hydrogen (secondary N) is 2. The maximum atomic E-state index is 12.6. The molecule has 4 N–H and O–H groups in total. The third kappa shape index (κ3) is 3.63. The largest absolute Gasteiger partial charge is 0.463 e. The van der Waals surface area contributed by atoms with Crippen LogP contribution in [0.5, 0.6) is 0 Å². The molecule has 1 aliphatic heterocycles. The highest BCUT2D eigenvalue weighted by molar-refractivity contribution is 5.99. The monoisotopic (exact) mass is 361 g/mol. The molecule has 0 aromatic carbocycles. The average Bonchev–Trinajstić information content (AvgIpc) is 2.57. The molecule has 0 saturated carbocycles. The first-order valence-electron chi connectivity index (χ1n) is 8.32. The summed E-state index contributed by atoms with van der Waals surface area (Å²) in [6.45, 7) is 7.22. The van der Waals surface area contributed by atoms with Crippen molar-refractivity contribution in [2.24, 2.45) is 0 Å². The fraction of sp³-hybridized carbons (Fsp3) is 0.389. The van der Waals surface area contributed by atoms with Gasteiger partial charge in [0.05, 0.1) is 36.0 Å². The smallest absolute Gasteiger partial charge is 0.336 e. The lowest BCUT2D eigenvalue weighted by Crippen LogP contribution is -2.33. The first-order chi connectivity index (χ1) is 12.3. The Bertz CT molecular complexity index is 811. The number of ether oxygens (including phenoxy) is 2. The van der Waals surface area contributed by atoms with Crippen molar-refractivity contribution in [1.29, 1.82) is 0 Å². The summed E-state index contributed by atoms with van der Waals surface area (Å²) in [6.07, 6.45) is 1.44. The fourth-order valence-corrected chi connectivity index (χ4v) is 2.97. The first kappa shape index (κ1) is 19.3. The highest BCUT2D eigenvalue weighted by Crippen LogP contribution is 2.39. The van der Waals surface area contributed by atoms with Crippen LogP contribution in [0.2, 0.25) is 0 Å². The molecule has 0 saturated heterocycles. The quantitative estimate of drug-likeness (QED) is 0.676. The first-order valence-corrected chi connectivity index (χ1v) is 8.32. The minimum Gasteiger partial charge on any atom is -0.463 e. The molecule has 26 heavy (non-hydrogen) atoms. The maximum Gasteiger partial charge on any atom is 0.336 e. The molecule has 0 radical (unpaired) electrons. The summed E-state index contributed by atoms with van der Waals surface area (Å²) in [5, 5.41) is 3.04. The van der Waals surface area contributed by atoms with Crippen LogP contribution >= 0.6 is 0 Å². The molecular weight excluding hydrogens is 338 g/mol. The van der Waals surface area contributed by atoms with Crippen molar-refractivity contribution in [1.82, 2.24) is 10.3 Å². The molecule has 8 heteroatoms. The number of hydrogen-bond acceptors (Lipinski definition) is 7. The lowest BCUT2D eigenvalue weighted by molar-refractivity contribution is -0.139. The van der Waals surface area contributed by atoms with E-state index in [-0.39, 0.29) is 30.0 Å². The zero-order chi connectivity index (χ0) is 19.4. The Morgan fingerprint density at radius 2 is 1.58 bits per heavy atom. The van der Waals surface area contributed by atoms with Gasteiger partial charge in [-0.25, -0.2) is 9.59 Å². The number of pyridine rings is 1. The summed E-state index contributed by atoms with van der Waals surface area (Å²) in [5.74, 6) is -1.88. The van der Waals surface area contributed by atoms with Crippen LogP contribution in [0.15, 0.2) is 39.6 Å². The van der Waals surface area contributed by atoms with Crippen molar-refractivity contribution in [3.05, 3.63) is 50.7 Å². The number of carbonyl (C=O) groups excluding carboxylic acids is 2. The van der Waals surface area contributed by atoms with E-state index in [0.29, 0.717) is 17.0 Å². The molecule has 1 aliphatic rings. The third-order valence-corrected chi connectivity index (χ3v) is 4.04. The second-order valence-electron chi connectivity index (χ2n) is 5.79. The molecule has 8 nitrogen and oxygen atoms in total. The summed E-state index contributed by atoms with van der Waals surface area (Å²) in [6, 6.07) is 1.45. The minimum atomic E-state index is -0.770. The minimum absolute atomic E-state index is 0.0113. The number of nitrogens with two attached hydrogens (primary N) is 1. The predicted molar refractivity (Wildman–Crippen MR) is 96.0 cm³/mol. The number of carbonyl (C=O) groups is 2. The lowest BCUT2D eigenvalue weighted by Gasteiger charge is -2.30. The van der Waals surface area contributed by atoms with Gasteiger partial charge in [0.25, 0.3) is 5.56 Å². The summed E-state index contributed by atoms with van der Waals surface area (Å²) in [5.41, 5.74) is 7.43. The number of dihydropyridines is 1. The van der Waals surface area contributed by atoms with E-state index in [1.807, 2.05) is 0 Å². The number of nitrogen functional groups attached to an aromatic ring is 1. The summed E-state index contributed by atoms with van der Waals surface area (Å²) in [4.78, 5) is 39.3. The van der Waals surface area contributed by atoms with Crippen LogP contribution in [0.3, 0.4) is 0 Å². The van der Waals surface area contributed by atoms with E-state index in [9.17, 15) is 14.4 Å². The van der Waals surface area contributed by atoms with Gasteiger partial charge in [-0.05, 0) is 39.3 Å². The van der Waals surface area contributed by atoms with E-state index >= 15 is 0 Å². The van der Waals surface area contributed by atoms with Gasteiger partial charge in [0.2, 0.25) is 0 Å². The van der Waals surface area contributed by atoms with Gasteiger partial charge in [0, 0.05) is 17.6 Å². The Kier molecular flexibility index (Phi) is 5.86. The topological polar surface area (TPSA) is 124 Å². The highest BCUT2D eigenvalue weighted by Gasteiger charge is 2.38. The number of anilines is 1. The van der Waals surface area contributed by atoms with Gasteiger partial charge in [-0.3, -0.25) is 4.79 Å². The van der Waals surface area contributed by atoms with Gasteiger partial charge < -0.3 is 25.5 Å². The fourth-order valence-electron chi connectivity index (χ4n) is 2.97. The second kappa shape index (κ2) is 7.90. The van der Waals surface area contributed by atoms with E-state index in [1.54, 1.807) is 27.7 Å². The molecule has 0 unspecified atom stereocenters. The van der Waals surface area contributed by atoms with E-state index in [2.05, 4.69) is 10.3 Å². The van der Waals surface area contributed by atoms with Crippen LogP contribution < -0.4 is 16.6 Å². The Balaban J connectivity index is 2.68. The average molecular weight is 361 g/mol. The Hall–Kier alpha value is -3.03. The number of aromatic amines is 1. The summed E-state index contributed by atoms with van der Waals surface area (Å²) >= 11 is 0. The van der Waals surface area contributed by atoms with Crippen LogP contribution in [0.1, 0.15) is 39.2 Å². The molecule has 0 spiro atoms. The van der Waals surface area contributed by atoms with Crippen molar-refractivity contribution < 1.29 is 19.1 Å². The number of esters is 2. The van der Waals surface area contributed by atoms with Gasteiger partial charge in [0.15, 0.2) is 0 Å². The summed E-state index contributed by atoms with van der Waals surface area (Å²) in [7, 11) is 0. The summed E-state index contributed by atoms with van der Waals surface area (Å²) < 4.78 is 10.3. The number of H-pyrrole nitrogens is 1. The molecule has 0 fully saturated rings. The molecule has 0 atom stereocenters. The van der Waals surface area contributed by atoms with Crippen LogP contribution in [-0.2, 0) is 19.1 Å². The van der Waals surface area contributed by atoms with Crippen molar-refractivity contribution in [2.45, 2.75) is 33.6 Å². The molecule has 0 bridgehead atoms. The molecule has 1 aromatic rings. The van der Waals surface area contributed by atoms with Crippen LogP contribution in [0.25, 0.3) is 0 Å². The van der Waals surface area contributed by atoms with Gasteiger partial charge in [-0.2, -0.15) is 0 Å². The van der Waals surface area contributed by atoms with Crippen molar-refractivity contribution in [3.63, 3.8) is 0 Å². The van der Waals surface area contributed by atoms with Crippen molar-refractivity contribution in [2.75, 3.05) is 18.9 Å². The van der Waals surface area contributed by atoms with Gasteiger partial charge in [0.1, 0.15) is 0 Å². The van der Waals surface area contributed by atoms with E-state index < -0.39 is 23.4 Å². The number of rotatable bonds is 5. The Labute approximate surface area is 151 Å². The highest BCUT2D eigenvalue weighted by atomic mass is 16.5. The van der Waals surface area contributed by atoms with Crippen LogP contribution in [-0.4, -0.2) is 30.1 Å². The zero-order valence-corrected chi connectivity index (χ0v) is 15.3. The molecule has 2 heterocycles. The molecule has 0 aliphatic carbocycles. The van der Waals surface area contributed by atoms with Gasteiger partial charge >= 0.3 is 11.9 Å². The number of aromatic nitrogens is 1. The maximum absolute atomic E-state index is 12.6. The second-order valence-corrected chi connectivity index (χ2v) is 5.79. The third-order valence-electron chi connectivity index (χ3n) is 4.04. The van der Waals surface area contributed by atoms with Crippen molar-refractivity contribution in [3.8, 4) is 0 Å². The van der Waals surface area contributed by atoms with Crippen LogP contribution in [0.4, 0.5) is 5.69 Å². The van der Waals surface area contributed by atoms with Crippen LogP contribution in [0, 0.1) is 0 Å². The predicted octanol–water partition coefficient (Wildman–Crippen LogP) is 1.32. The normalized spacial score (nSPS) is 14.9. The zero-order valence-electron chi connectivity index (χ0n) is 15.3. The van der Waals surface area contributed by atoms with E-state index in [4.69, 9.17) is 15.2 Å². The van der Waals surface area contributed by atoms with E-state index in [1.165, 1.54) is 12.3 Å². The Morgan fingerprint density at radius 1 is 1.08 bits per heavy atom. The number of hydrogen-bond donors (Lipinski definition) is 3. The molecule has 1 aromatic heterocycles. The Morgan fingerprint density at radius 3 is 2.00 bits per heavy atom. The van der Waals surface area contributed by atoms with E-state index in [0.717, 1.165) is 0 Å². The molecular formula is C18H23N3O5.